The number of benzene rings is 1. The highest BCUT2D eigenvalue weighted by molar-refractivity contribution is 5.61. The first-order valence-electron chi connectivity index (χ1n) is 7.23. The Balaban J connectivity index is 2.24. The van der Waals surface area contributed by atoms with Gasteiger partial charge in [-0.2, -0.15) is 5.10 Å². The van der Waals surface area contributed by atoms with Gasteiger partial charge in [-0.3, -0.25) is 14.9 Å². The van der Waals surface area contributed by atoms with Crippen LogP contribution in [-0.2, 0) is 11.3 Å². The average Bonchev–Trinajstić information content (AvgIpc) is 2.48. The highest BCUT2D eigenvalue weighted by Gasteiger charge is 2.11. The number of ether oxygens (including phenoxy) is 1. The van der Waals surface area contributed by atoms with Crippen molar-refractivity contribution in [2.75, 3.05) is 6.61 Å². The first-order valence-corrected chi connectivity index (χ1v) is 7.23. The summed E-state index contributed by atoms with van der Waals surface area (Å²) in [6.45, 7) is 6.47. The highest BCUT2D eigenvalue weighted by atomic mass is 16.6. The van der Waals surface area contributed by atoms with Gasteiger partial charge in [-0.25, -0.2) is 4.68 Å². The van der Waals surface area contributed by atoms with Gasteiger partial charge in [0.05, 0.1) is 29.4 Å². The van der Waals surface area contributed by atoms with Crippen molar-refractivity contribution in [3.05, 3.63) is 56.9 Å². The van der Waals surface area contributed by atoms with E-state index in [1.165, 1.54) is 22.9 Å². The van der Waals surface area contributed by atoms with Crippen molar-refractivity contribution in [1.29, 1.82) is 0 Å². The lowest BCUT2D eigenvalue weighted by Crippen LogP contribution is -2.28. The second-order valence-electron chi connectivity index (χ2n) is 6.05. The van der Waals surface area contributed by atoms with Gasteiger partial charge in [0.25, 0.3) is 11.2 Å². The minimum Gasteiger partial charge on any atom is -0.374 e. The zero-order chi connectivity index (χ0) is 17.0. The van der Waals surface area contributed by atoms with Crippen molar-refractivity contribution in [3.8, 4) is 11.3 Å². The lowest BCUT2D eigenvalue weighted by atomic mass is 10.1. The Bertz CT molecular complexity index is 762. The van der Waals surface area contributed by atoms with E-state index in [2.05, 4.69) is 5.10 Å². The molecule has 0 unspecified atom stereocenters. The van der Waals surface area contributed by atoms with E-state index in [-0.39, 0.29) is 16.8 Å². The number of nitrogens with zero attached hydrogens (tertiary/aromatic N) is 3. The van der Waals surface area contributed by atoms with Gasteiger partial charge in [-0.05, 0) is 26.8 Å². The summed E-state index contributed by atoms with van der Waals surface area (Å²) in [5, 5.41) is 15.1. The molecule has 0 aliphatic heterocycles. The van der Waals surface area contributed by atoms with Crippen LogP contribution < -0.4 is 5.56 Å². The summed E-state index contributed by atoms with van der Waals surface area (Å²) in [7, 11) is 0. The van der Waals surface area contributed by atoms with E-state index in [0.29, 0.717) is 24.4 Å². The third-order valence-corrected chi connectivity index (χ3v) is 3.06. The molecule has 0 saturated carbocycles. The number of nitro benzene ring substituents is 1. The van der Waals surface area contributed by atoms with Crippen LogP contribution in [0.25, 0.3) is 11.3 Å². The Morgan fingerprint density at radius 2 is 2.00 bits per heavy atom. The van der Waals surface area contributed by atoms with Crippen molar-refractivity contribution in [1.82, 2.24) is 9.78 Å². The molecule has 7 heteroatoms. The summed E-state index contributed by atoms with van der Waals surface area (Å²) in [5.41, 5.74) is 0.546. The molecule has 0 spiro atoms. The fourth-order valence-electron chi connectivity index (χ4n) is 1.98. The monoisotopic (exact) mass is 317 g/mol. The maximum atomic E-state index is 11.9. The normalized spacial score (nSPS) is 11.4. The first-order chi connectivity index (χ1) is 10.8. The number of nitro groups is 1. The SMILES string of the molecule is CC(C)(C)OCCn1nc(-c2cccc([N+](=O)[O-])c2)ccc1=O. The van der Waals surface area contributed by atoms with Crippen LogP contribution in [0.4, 0.5) is 5.69 Å². The van der Waals surface area contributed by atoms with Crippen LogP contribution in [0, 0.1) is 10.1 Å². The predicted molar refractivity (Wildman–Crippen MR) is 86.3 cm³/mol. The van der Waals surface area contributed by atoms with Gasteiger partial charge in [0.15, 0.2) is 0 Å². The lowest BCUT2D eigenvalue weighted by Gasteiger charge is -2.19. The molecule has 1 aromatic carbocycles. The summed E-state index contributed by atoms with van der Waals surface area (Å²) in [6.07, 6.45) is 0. The third-order valence-electron chi connectivity index (χ3n) is 3.06. The standard InChI is InChI=1S/C16H19N3O4/c1-16(2,3)23-10-9-18-15(20)8-7-14(17-18)12-5-4-6-13(11-12)19(21)22/h4-8,11H,9-10H2,1-3H3. The molecule has 1 aromatic heterocycles. The predicted octanol–water partition coefficient (Wildman–Crippen LogP) is 2.63. The van der Waals surface area contributed by atoms with Crippen LogP contribution in [0.5, 0.6) is 0 Å². The van der Waals surface area contributed by atoms with Crippen LogP contribution in [-0.4, -0.2) is 26.9 Å². The molecule has 2 aromatic rings. The van der Waals surface area contributed by atoms with E-state index >= 15 is 0 Å². The smallest absolute Gasteiger partial charge is 0.270 e. The molecule has 1 heterocycles. The molecule has 0 aliphatic carbocycles. The zero-order valence-corrected chi connectivity index (χ0v) is 13.4. The van der Waals surface area contributed by atoms with Gasteiger partial charge < -0.3 is 4.74 Å². The second kappa shape index (κ2) is 6.70. The van der Waals surface area contributed by atoms with E-state index in [1.807, 2.05) is 20.8 Å². The molecule has 23 heavy (non-hydrogen) atoms. The van der Waals surface area contributed by atoms with Gasteiger partial charge in [0, 0.05) is 23.8 Å². The summed E-state index contributed by atoms with van der Waals surface area (Å²) in [4.78, 5) is 22.3. The number of non-ortho nitro benzene ring substituents is 1. The molecule has 7 nitrogen and oxygen atoms in total. The summed E-state index contributed by atoms with van der Waals surface area (Å²) >= 11 is 0. The molecule has 0 radical (unpaired) electrons. The molecule has 122 valence electrons. The fourth-order valence-corrected chi connectivity index (χ4v) is 1.98. The Hall–Kier alpha value is -2.54. The van der Waals surface area contributed by atoms with Crippen LogP contribution in [0.2, 0.25) is 0 Å². The molecule has 0 N–H and O–H groups in total. The van der Waals surface area contributed by atoms with E-state index in [1.54, 1.807) is 18.2 Å². The second-order valence-corrected chi connectivity index (χ2v) is 6.05. The van der Waals surface area contributed by atoms with Crippen molar-refractivity contribution < 1.29 is 9.66 Å². The number of aromatic nitrogens is 2. The molecule has 0 amide bonds. The van der Waals surface area contributed by atoms with E-state index < -0.39 is 4.92 Å². The van der Waals surface area contributed by atoms with Gasteiger partial charge in [-0.1, -0.05) is 12.1 Å². The topological polar surface area (TPSA) is 87.3 Å². The third kappa shape index (κ3) is 4.72. The summed E-state index contributed by atoms with van der Waals surface area (Å²) in [6, 6.07) is 9.11. The molecule has 0 saturated heterocycles. The van der Waals surface area contributed by atoms with E-state index in [9.17, 15) is 14.9 Å². The number of hydrogen-bond acceptors (Lipinski definition) is 5. The van der Waals surface area contributed by atoms with Crippen molar-refractivity contribution in [2.24, 2.45) is 0 Å². The molecule has 0 atom stereocenters. The Morgan fingerprint density at radius 1 is 1.26 bits per heavy atom. The minimum absolute atomic E-state index is 0.0156. The van der Waals surface area contributed by atoms with Crippen LogP contribution in [0.15, 0.2) is 41.2 Å². The summed E-state index contributed by atoms with van der Waals surface area (Å²) in [5.74, 6) is 0. The van der Waals surface area contributed by atoms with Gasteiger partial charge >= 0.3 is 0 Å². The molecular weight excluding hydrogens is 298 g/mol. The van der Waals surface area contributed by atoms with E-state index in [4.69, 9.17) is 4.74 Å². The molecule has 0 bridgehead atoms. The van der Waals surface area contributed by atoms with Crippen LogP contribution in [0.1, 0.15) is 20.8 Å². The zero-order valence-electron chi connectivity index (χ0n) is 13.4. The van der Waals surface area contributed by atoms with Crippen molar-refractivity contribution >= 4 is 5.69 Å². The Morgan fingerprint density at radius 3 is 2.65 bits per heavy atom. The highest BCUT2D eigenvalue weighted by Crippen LogP contribution is 2.21. The average molecular weight is 317 g/mol. The molecule has 0 fully saturated rings. The first kappa shape index (κ1) is 16.8. The minimum atomic E-state index is -0.462. The Kier molecular flexibility index (Phi) is 4.90. The van der Waals surface area contributed by atoms with Gasteiger partial charge in [-0.15, -0.1) is 0 Å². The maximum absolute atomic E-state index is 11.9. The molecule has 2 rings (SSSR count). The van der Waals surface area contributed by atoms with Crippen LogP contribution >= 0.6 is 0 Å². The van der Waals surface area contributed by atoms with Crippen molar-refractivity contribution in [2.45, 2.75) is 32.9 Å². The van der Waals surface area contributed by atoms with Crippen molar-refractivity contribution in [3.63, 3.8) is 0 Å². The largest absolute Gasteiger partial charge is 0.374 e. The van der Waals surface area contributed by atoms with Gasteiger partial charge in [0.1, 0.15) is 0 Å². The molecule has 0 aliphatic rings. The van der Waals surface area contributed by atoms with E-state index in [0.717, 1.165) is 0 Å². The lowest BCUT2D eigenvalue weighted by molar-refractivity contribution is -0.384. The fraction of sp³-hybridized carbons (Fsp3) is 0.375. The van der Waals surface area contributed by atoms with Crippen LogP contribution in [0.3, 0.4) is 0 Å². The number of rotatable bonds is 5. The quantitative estimate of drug-likeness (QED) is 0.625. The molecular formula is C16H19N3O4. The van der Waals surface area contributed by atoms with Gasteiger partial charge in [0.2, 0.25) is 0 Å². The maximum Gasteiger partial charge on any atom is 0.270 e. The summed E-state index contributed by atoms with van der Waals surface area (Å²) < 4.78 is 6.90. The number of hydrogen-bond donors (Lipinski definition) is 0. The Labute approximate surface area is 133 Å².